The first kappa shape index (κ1) is 20.3. The van der Waals surface area contributed by atoms with E-state index in [1.807, 2.05) is 16.8 Å². The van der Waals surface area contributed by atoms with Crippen LogP contribution < -0.4 is 19.5 Å². The summed E-state index contributed by atoms with van der Waals surface area (Å²) in [6, 6.07) is 5.26. The summed E-state index contributed by atoms with van der Waals surface area (Å²) in [5.41, 5.74) is 1.61. The topological polar surface area (TPSA) is 83.1 Å². The molecule has 0 saturated heterocycles. The number of hydrogen-bond donors (Lipinski definition) is 1. The van der Waals surface area contributed by atoms with Crippen LogP contribution in [0.1, 0.15) is 11.1 Å². The van der Waals surface area contributed by atoms with Crippen molar-refractivity contribution in [2.75, 3.05) is 27.9 Å². The fraction of sp³-hybridized carbons (Fsp3) is 0.263. The van der Waals surface area contributed by atoms with Gasteiger partial charge in [0.1, 0.15) is 5.75 Å². The van der Waals surface area contributed by atoms with Gasteiger partial charge in [-0.3, -0.25) is 4.79 Å². The predicted octanol–water partition coefficient (Wildman–Crippen LogP) is 2.65. The molecular formula is C19H21NO6S. The summed E-state index contributed by atoms with van der Waals surface area (Å²) >= 11 is 1.53. The van der Waals surface area contributed by atoms with Crippen LogP contribution in [0.15, 0.2) is 35.0 Å². The van der Waals surface area contributed by atoms with Crippen molar-refractivity contribution in [1.29, 1.82) is 0 Å². The number of carbonyl (C=O) groups is 2. The van der Waals surface area contributed by atoms with Crippen molar-refractivity contribution in [1.82, 2.24) is 5.32 Å². The van der Waals surface area contributed by atoms with Crippen LogP contribution in [0.5, 0.6) is 17.2 Å². The molecule has 0 radical (unpaired) electrons. The first-order chi connectivity index (χ1) is 13.1. The van der Waals surface area contributed by atoms with Gasteiger partial charge < -0.3 is 24.3 Å². The molecule has 0 spiro atoms. The fourth-order valence-corrected chi connectivity index (χ4v) is 2.82. The van der Waals surface area contributed by atoms with Gasteiger partial charge in [-0.1, -0.05) is 0 Å². The van der Waals surface area contributed by atoms with Crippen LogP contribution in [0.4, 0.5) is 0 Å². The van der Waals surface area contributed by atoms with E-state index in [2.05, 4.69) is 5.32 Å². The summed E-state index contributed by atoms with van der Waals surface area (Å²) in [6.45, 7) is -0.187. The molecule has 8 heteroatoms. The van der Waals surface area contributed by atoms with Crippen LogP contribution in [0.25, 0.3) is 6.08 Å². The Morgan fingerprint density at radius 3 is 2.41 bits per heavy atom. The smallest absolute Gasteiger partial charge is 0.331 e. The Morgan fingerprint density at radius 2 is 1.78 bits per heavy atom. The maximum absolute atomic E-state index is 11.9. The molecule has 0 aliphatic carbocycles. The minimum Gasteiger partial charge on any atom is -0.496 e. The number of thiophene rings is 1. The van der Waals surface area contributed by atoms with Crippen molar-refractivity contribution in [2.45, 2.75) is 6.54 Å². The van der Waals surface area contributed by atoms with E-state index >= 15 is 0 Å². The molecule has 0 atom stereocenters. The molecule has 1 amide bonds. The molecule has 0 aliphatic rings. The van der Waals surface area contributed by atoms with E-state index < -0.39 is 11.9 Å². The lowest BCUT2D eigenvalue weighted by Gasteiger charge is -2.14. The van der Waals surface area contributed by atoms with Crippen LogP contribution in [0.2, 0.25) is 0 Å². The molecule has 144 valence electrons. The highest BCUT2D eigenvalue weighted by atomic mass is 32.1. The van der Waals surface area contributed by atoms with Gasteiger partial charge >= 0.3 is 5.97 Å². The van der Waals surface area contributed by atoms with E-state index in [9.17, 15) is 9.59 Å². The van der Waals surface area contributed by atoms with Crippen molar-refractivity contribution in [3.8, 4) is 17.2 Å². The lowest BCUT2D eigenvalue weighted by molar-refractivity contribution is -0.143. The Bertz CT molecular complexity index is 801. The predicted molar refractivity (Wildman–Crippen MR) is 102 cm³/mol. The van der Waals surface area contributed by atoms with Gasteiger partial charge in [0.05, 0.1) is 21.3 Å². The van der Waals surface area contributed by atoms with E-state index in [1.165, 1.54) is 38.7 Å². The molecular weight excluding hydrogens is 370 g/mol. The van der Waals surface area contributed by atoms with Crippen LogP contribution in [-0.4, -0.2) is 39.8 Å². The molecule has 0 bridgehead atoms. The highest BCUT2D eigenvalue weighted by molar-refractivity contribution is 7.08. The van der Waals surface area contributed by atoms with E-state index in [4.69, 9.17) is 18.9 Å². The van der Waals surface area contributed by atoms with Crippen LogP contribution in [0, 0.1) is 0 Å². The Balaban J connectivity index is 1.87. The standard InChI is InChI=1S/C19H21NO6S/c1-23-15-9-17(25-3)16(24-2)8-14(15)10-20-18(21)11-26-19(22)5-4-13-6-7-27-12-13/h4-9,12H,10-11H2,1-3H3,(H,20,21)/b5-4+. The Morgan fingerprint density at radius 1 is 1.07 bits per heavy atom. The van der Waals surface area contributed by atoms with Gasteiger partial charge in [-0.2, -0.15) is 11.3 Å². The van der Waals surface area contributed by atoms with Gasteiger partial charge in [-0.05, 0) is 34.5 Å². The summed E-state index contributed by atoms with van der Waals surface area (Å²) in [5, 5.41) is 6.47. The van der Waals surface area contributed by atoms with Crippen molar-refractivity contribution in [3.63, 3.8) is 0 Å². The summed E-state index contributed by atoms with van der Waals surface area (Å²) in [5.74, 6) is 0.580. The third-order valence-corrected chi connectivity index (χ3v) is 4.26. The van der Waals surface area contributed by atoms with Gasteiger partial charge in [0, 0.05) is 24.3 Å². The van der Waals surface area contributed by atoms with E-state index in [0.29, 0.717) is 22.8 Å². The van der Waals surface area contributed by atoms with E-state index in [0.717, 1.165) is 5.56 Å². The molecule has 0 aliphatic heterocycles. The van der Waals surface area contributed by atoms with Gasteiger partial charge in [0.25, 0.3) is 5.91 Å². The number of ether oxygens (including phenoxy) is 4. The fourth-order valence-electron chi connectivity index (χ4n) is 2.19. The van der Waals surface area contributed by atoms with Crippen molar-refractivity contribution in [2.24, 2.45) is 0 Å². The summed E-state index contributed by atoms with van der Waals surface area (Å²) < 4.78 is 20.7. The minimum absolute atomic E-state index is 0.185. The number of rotatable bonds is 9. The van der Waals surface area contributed by atoms with Crippen LogP contribution in [0.3, 0.4) is 0 Å². The quantitative estimate of drug-likeness (QED) is 0.523. The number of carbonyl (C=O) groups excluding carboxylic acids is 2. The summed E-state index contributed by atoms with van der Waals surface area (Å²) in [7, 11) is 4.57. The second-order valence-electron chi connectivity index (χ2n) is 5.29. The molecule has 0 unspecified atom stereocenters. The molecule has 2 aromatic rings. The zero-order valence-electron chi connectivity index (χ0n) is 15.3. The van der Waals surface area contributed by atoms with E-state index in [1.54, 1.807) is 18.2 Å². The molecule has 1 heterocycles. The minimum atomic E-state index is -0.583. The normalized spacial score (nSPS) is 10.5. The molecule has 1 aromatic heterocycles. The molecule has 27 heavy (non-hydrogen) atoms. The maximum Gasteiger partial charge on any atom is 0.331 e. The third-order valence-electron chi connectivity index (χ3n) is 3.56. The van der Waals surface area contributed by atoms with Crippen molar-refractivity contribution >= 4 is 29.3 Å². The molecule has 2 rings (SSSR count). The Kier molecular flexibility index (Phi) is 7.69. The number of nitrogens with one attached hydrogen (secondary N) is 1. The third kappa shape index (κ3) is 6.03. The summed E-state index contributed by atoms with van der Waals surface area (Å²) in [4.78, 5) is 23.6. The van der Waals surface area contributed by atoms with Crippen molar-refractivity contribution in [3.05, 3.63) is 46.2 Å². The Hall–Kier alpha value is -3.00. The zero-order chi connectivity index (χ0) is 19.6. The number of methoxy groups -OCH3 is 3. The molecule has 0 fully saturated rings. The van der Waals surface area contributed by atoms with Gasteiger partial charge in [0.2, 0.25) is 0 Å². The Labute approximate surface area is 161 Å². The lowest BCUT2D eigenvalue weighted by Crippen LogP contribution is -2.28. The summed E-state index contributed by atoms with van der Waals surface area (Å²) in [6.07, 6.45) is 2.91. The maximum atomic E-state index is 11.9. The highest BCUT2D eigenvalue weighted by Crippen LogP contribution is 2.34. The molecule has 7 nitrogen and oxygen atoms in total. The SMILES string of the molecule is COc1cc(OC)c(OC)cc1CNC(=O)COC(=O)/C=C/c1ccsc1. The number of hydrogen-bond acceptors (Lipinski definition) is 7. The molecule has 0 saturated carbocycles. The monoisotopic (exact) mass is 391 g/mol. The number of benzene rings is 1. The second kappa shape index (κ2) is 10.2. The lowest BCUT2D eigenvalue weighted by atomic mass is 10.1. The van der Waals surface area contributed by atoms with Crippen LogP contribution >= 0.6 is 11.3 Å². The van der Waals surface area contributed by atoms with Gasteiger partial charge in [-0.15, -0.1) is 0 Å². The highest BCUT2D eigenvalue weighted by Gasteiger charge is 2.13. The number of amides is 1. The number of esters is 1. The van der Waals surface area contributed by atoms with Crippen molar-refractivity contribution < 1.29 is 28.5 Å². The first-order valence-corrected chi connectivity index (χ1v) is 8.94. The van der Waals surface area contributed by atoms with Gasteiger partial charge in [-0.25, -0.2) is 4.79 Å². The first-order valence-electron chi connectivity index (χ1n) is 8.00. The van der Waals surface area contributed by atoms with E-state index in [-0.39, 0.29) is 13.2 Å². The molecule has 1 N–H and O–H groups in total. The average molecular weight is 391 g/mol. The van der Waals surface area contributed by atoms with Gasteiger partial charge in [0.15, 0.2) is 18.1 Å². The van der Waals surface area contributed by atoms with Crippen LogP contribution in [-0.2, 0) is 20.9 Å². The largest absolute Gasteiger partial charge is 0.496 e. The second-order valence-corrected chi connectivity index (χ2v) is 6.07. The zero-order valence-corrected chi connectivity index (χ0v) is 16.1. The molecule has 1 aromatic carbocycles. The average Bonchev–Trinajstić information content (AvgIpc) is 3.21.